The number of hydrogen-bond donors (Lipinski definition) is 1. The molecule has 3 aromatic heterocycles. The van der Waals surface area contributed by atoms with E-state index in [2.05, 4.69) is 31.2 Å². The second-order valence-corrected chi connectivity index (χ2v) is 6.57. The molecule has 8 heteroatoms. The Labute approximate surface area is 126 Å². The molecule has 0 spiro atoms. The van der Waals surface area contributed by atoms with Crippen LogP contribution in [0.25, 0.3) is 16.2 Å². The zero-order chi connectivity index (χ0) is 14.1. The predicted octanol–water partition coefficient (Wildman–Crippen LogP) is 2.63. The van der Waals surface area contributed by atoms with Crippen molar-refractivity contribution < 1.29 is 9.90 Å². The molecule has 6 nitrogen and oxygen atoms in total. The Morgan fingerprint density at radius 3 is 2.85 bits per heavy atom. The molecule has 3 heterocycles. The second kappa shape index (κ2) is 5.29. The molecule has 1 N–H and O–H groups in total. The Morgan fingerprint density at radius 2 is 2.15 bits per heavy atom. The molecule has 0 aliphatic carbocycles. The van der Waals surface area contributed by atoms with Gasteiger partial charge in [0.1, 0.15) is 5.69 Å². The lowest BCUT2D eigenvalue weighted by Crippen LogP contribution is -2.04. The highest BCUT2D eigenvalue weighted by Gasteiger charge is 2.11. The quantitative estimate of drug-likeness (QED) is 0.780. The average Bonchev–Trinajstić information content (AvgIpc) is 3.02. The highest BCUT2D eigenvalue weighted by molar-refractivity contribution is 9.11. The lowest BCUT2D eigenvalue weighted by atomic mass is 10.3. The van der Waals surface area contributed by atoms with Gasteiger partial charge in [-0.1, -0.05) is 0 Å². The summed E-state index contributed by atoms with van der Waals surface area (Å²) < 4.78 is 2.63. The fraction of sp³-hybridized carbons (Fsp3) is 0.167. The monoisotopic (exact) mass is 352 g/mol. The van der Waals surface area contributed by atoms with Crippen LogP contribution in [-0.2, 0) is 11.2 Å². The number of carboxylic acids is 1. The van der Waals surface area contributed by atoms with E-state index >= 15 is 0 Å². The smallest absolute Gasteiger partial charge is 0.303 e. The minimum Gasteiger partial charge on any atom is -0.481 e. The highest BCUT2D eigenvalue weighted by atomic mass is 79.9. The van der Waals surface area contributed by atoms with Crippen molar-refractivity contribution in [2.75, 3.05) is 0 Å². The zero-order valence-electron chi connectivity index (χ0n) is 10.2. The molecular weight excluding hydrogens is 344 g/mol. The standard InChI is InChI=1S/C12H9BrN4O2S/c13-9-3-2-8(20-9)7-1-4-10-14-15-11(17(10)16-7)5-6-12(18)19/h1-4H,5-6H2,(H,18,19). The summed E-state index contributed by atoms with van der Waals surface area (Å²) in [5.41, 5.74) is 1.43. The molecule has 0 fully saturated rings. The zero-order valence-corrected chi connectivity index (χ0v) is 12.6. The number of aryl methyl sites for hydroxylation is 1. The van der Waals surface area contributed by atoms with Gasteiger partial charge in [0, 0.05) is 6.42 Å². The third-order valence-corrected chi connectivity index (χ3v) is 4.36. The largest absolute Gasteiger partial charge is 0.481 e. The molecule has 0 radical (unpaired) electrons. The van der Waals surface area contributed by atoms with Crippen LogP contribution in [0.2, 0.25) is 0 Å². The summed E-state index contributed by atoms with van der Waals surface area (Å²) in [7, 11) is 0. The lowest BCUT2D eigenvalue weighted by molar-refractivity contribution is -0.137. The van der Waals surface area contributed by atoms with E-state index in [-0.39, 0.29) is 6.42 Å². The second-order valence-electron chi connectivity index (χ2n) is 4.10. The Kier molecular flexibility index (Phi) is 3.49. The summed E-state index contributed by atoms with van der Waals surface area (Å²) in [5, 5.41) is 21.2. The predicted molar refractivity (Wildman–Crippen MR) is 77.8 cm³/mol. The van der Waals surface area contributed by atoms with Gasteiger partial charge in [-0.2, -0.15) is 9.61 Å². The van der Waals surface area contributed by atoms with Crippen LogP contribution in [0.3, 0.4) is 0 Å². The van der Waals surface area contributed by atoms with E-state index in [1.165, 1.54) is 0 Å². The molecule has 3 aromatic rings. The summed E-state index contributed by atoms with van der Waals surface area (Å²) >= 11 is 5.00. The molecule has 3 rings (SSSR count). The van der Waals surface area contributed by atoms with Crippen LogP contribution in [0, 0.1) is 0 Å². The normalized spacial score (nSPS) is 11.1. The lowest BCUT2D eigenvalue weighted by Gasteiger charge is -2.00. The number of fused-ring (bicyclic) bond motifs is 1. The summed E-state index contributed by atoms with van der Waals surface area (Å²) in [5.74, 6) is -0.306. The third kappa shape index (κ3) is 2.56. The summed E-state index contributed by atoms with van der Waals surface area (Å²) in [6, 6.07) is 7.64. The van der Waals surface area contributed by atoms with Crippen molar-refractivity contribution >= 4 is 38.9 Å². The number of rotatable bonds is 4. The van der Waals surface area contributed by atoms with Crippen LogP contribution >= 0.6 is 27.3 Å². The van der Waals surface area contributed by atoms with E-state index in [0.717, 1.165) is 14.4 Å². The molecule has 0 aromatic carbocycles. The first kappa shape index (κ1) is 13.2. The van der Waals surface area contributed by atoms with E-state index in [0.29, 0.717) is 17.9 Å². The maximum absolute atomic E-state index is 10.6. The average molecular weight is 353 g/mol. The van der Waals surface area contributed by atoms with Crippen molar-refractivity contribution in [1.29, 1.82) is 0 Å². The molecule has 0 aliphatic rings. The number of aliphatic carboxylic acids is 1. The number of halogens is 1. The van der Waals surface area contributed by atoms with Gasteiger partial charge < -0.3 is 5.11 Å². The van der Waals surface area contributed by atoms with Crippen molar-refractivity contribution in [2.24, 2.45) is 0 Å². The first-order chi connectivity index (χ1) is 9.63. The van der Waals surface area contributed by atoms with Crippen molar-refractivity contribution in [2.45, 2.75) is 12.8 Å². The number of carbonyl (C=O) groups is 1. The molecule has 0 bridgehead atoms. The number of carboxylic acid groups (broad SMARTS) is 1. The summed E-state index contributed by atoms with van der Waals surface area (Å²) in [6.45, 7) is 0. The Balaban J connectivity index is 2.00. The minimum atomic E-state index is -0.861. The van der Waals surface area contributed by atoms with Gasteiger partial charge in [-0.3, -0.25) is 4.79 Å². The number of nitrogens with zero attached hydrogens (tertiary/aromatic N) is 4. The van der Waals surface area contributed by atoms with Gasteiger partial charge >= 0.3 is 5.97 Å². The molecule has 0 saturated heterocycles. The van der Waals surface area contributed by atoms with Crippen LogP contribution in [-0.4, -0.2) is 30.9 Å². The van der Waals surface area contributed by atoms with E-state index < -0.39 is 5.97 Å². The Bertz CT molecular complexity index is 783. The Hall–Kier alpha value is -1.80. The van der Waals surface area contributed by atoms with Gasteiger partial charge in [0.25, 0.3) is 0 Å². The Morgan fingerprint density at radius 1 is 1.30 bits per heavy atom. The van der Waals surface area contributed by atoms with Crippen LogP contribution in [0.5, 0.6) is 0 Å². The number of hydrogen-bond acceptors (Lipinski definition) is 5. The number of thiophene rings is 1. The minimum absolute atomic E-state index is 0.0112. The van der Waals surface area contributed by atoms with Gasteiger partial charge in [0.2, 0.25) is 0 Å². The summed E-state index contributed by atoms with van der Waals surface area (Å²) in [4.78, 5) is 11.7. The highest BCUT2D eigenvalue weighted by Crippen LogP contribution is 2.29. The first-order valence-corrected chi connectivity index (χ1v) is 7.43. The molecule has 0 atom stereocenters. The summed E-state index contributed by atoms with van der Waals surface area (Å²) in [6.07, 6.45) is 0.318. The van der Waals surface area contributed by atoms with Crippen molar-refractivity contribution in [3.05, 3.63) is 33.9 Å². The molecule has 0 aliphatic heterocycles. The van der Waals surface area contributed by atoms with Crippen LogP contribution < -0.4 is 0 Å². The molecule has 0 unspecified atom stereocenters. The van der Waals surface area contributed by atoms with Crippen molar-refractivity contribution in [1.82, 2.24) is 19.8 Å². The van der Waals surface area contributed by atoms with Gasteiger partial charge in [-0.15, -0.1) is 21.5 Å². The van der Waals surface area contributed by atoms with E-state index in [9.17, 15) is 4.79 Å². The van der Waals surface area contributed by atoms with Gasteiger partial charge in [-0.05, 0) is 40.2 Å². The fourth-order valence-electron chi connectivity index (χ4n) is 1.79. The topological polar surface area (TPSA) is 80.4 Å². The molecule has 20 heavy (non-hydrogen) atoms. The van der Waals surface area contributed by atoms with E-state index in [4.69, 9.17) is 5.11 Å². The fourth-order valence-corrected chi connectivity index (χ4v) is 3.14. The first-order valence-electron chi connectivity index (χ1n) is 5.82. The SMILES string of the molecule is O=C(O)CCc1nnc2ccc(-c3ccc(Br)s3)nn12. The van der Waals surface area contributed by atoms with Crippen molar-refractivity contribution in [3.63, 3.8) is 0 Å². The molecule has 0 amide bonds. The van der Waals surface area contributed by atoms with Crippen LogP contribution in [0.1, 0.15) is 12.2 Å². The van der Waals surface area contributed by atoms with Crippen LogP contribution in [0.15, 0.2) is 28.1 Å². The van der Waals surface area contributed by atoms with E-state index in [1.54, 1.807) is 15.9 Å². The van der Waals surface area contributed by atoms with Gasteiger partial charge in [0.15, 0.2) is 11.5 Å². The molecular formula is C12H9BrN4O2S. The third-order valence-electron chi connectivity index (χ3n) is 2.72. The maximum atomic E-state index is 10.6. The van der Waals surface area contributed by atoms with Crippen LogP contribution in [0.4, 0.5) is 0 Å². The number of aromatic nitrogens is 4. The molecule has 102 valence electrons. The van der Waals surface area contributed by atoms with E-state index in [1.807, 2.05) is 24.3 Å². The maximum Gasteiger partial charge on any atom is 0.303 e. The van der Waals surface area contributed by atoms with Crippen molar-refractivity contribution in [3.8, 4) is 10.6 Å². The molecule has 0 saturated carbocycles. The van der Waals surface area contributed by atoms with Gasteiger partial charge in [-0.25, -0.2) is 0 Å². The van der Waals surface area contributed by atoms with Gasteiger partial charge in [0.05, 0.1) is 15.1 Å².